The van der Waals surface area contributed by atoms with Crippen molar-refractivity contribution in [2.45, 2.75) is 13.0 Å². The highest BCUT2D eigenvalue weighted by Gasteiger charge is 2.23. The van der Waals surface area contributed by atoms with Crippen LogP contribution in [0.15, 0.2) is 42.6 Å². The first-order valence-corrected chi connectivity index (χ1v) is 6.18. The second kappa shape index (κ2) is 6.01. The first-order valence-electron chi connectivity index (χ1n) is 6.18. The van der Waals surface area contributed by atoms with Crippen LogP contribution in [-0.2, 0) is 0 Å². The molecular weight excluding hydrogens is 258 g/mol. The van der Waals surface area contributed by atoms with Gasteiger partial charge in [-0.1, -0.05) is 18.2 Å². The molecule has 0 aliphatic heterocycles. The molecule has 0 unspecified atom stereocenters. The van der Waals surface area contributed by atoms with E-state index in [9.17, 15) is 10.1 Å². The van der Waals surface area contributed by atoms with E-state index in [1.807, 2.05) is 31.2 Å². The van der Waals surface area contributed by atoms with Crippen molar-refractivity contribution < 1.29 is 14.6 Å². The zero-order valence-corrected chi connectivity index (χ0v) is 11.3. The molecule has 2 aromatic rings. The maximum Gasteiger partial charge on any atom is 0.357 e. The smallest absolute Gasteiger partial charge is 0.357 e. The minimum Gasteiger partial charge on any atom is -0.496 e. The Kier molecular flexibility index (Phi) is 4.14. The van der Waals surface area contributed by atoms with Gasteiger partial charge in [-0.3, -0.25) is 15.4 Å². The summed E-state index contributed by atoms with van der Waals surface area (Å²) >= 11 is 0. The quantitative estimate of drug-likeness (QED) is 0.671. The molecule has 0 bridgehead atoms. The zero-order valence-electron chi connectivity index (χ0n) is 11.3. The molecule has 0 saturated carbocycles. The molecule has 2 rings (SSSR count). The number of benzene rings is 1. The topological polar surface area (TPSA) is 78.5 Å². The number of nitro groups is 1. The number of methoxy groups -OCH3 is 1. The van der Waals surface area contributed by atoms with Gasteiger partial charge in [-0.25, -0.2) is 4.98 Å². The van der Waals surface area contributed by atoms with Crippen molar-refractivity contribution in [1.29, 1.82) is 0 Å². The Labute approximate surface area is 116 Å². The Morgan fingerprint density at radius 3 is 2.75 bits per heavy atom. The fraction of sp³-hybridized carbons (Fsp3) is 0.214. The number of pyridine rings is 1. The molecule has 0 amide bonds. The molecule has 0 radical (unpaired) electrons. The minimum absolute atomic E-state index is 0.00856. The Balaban J connectivity index is 2.28. The molecule has 20 heavy (non-hydrogen) atoms. The van der Waals surface area contributed by atoms with Gasteiger partial charge in [0.15, 0.2) is 0 Å². The first kappa shape index (κ1) is 13.8. The molecule has 0 aliphatic carbocycles. The average Bonchev–Trinajstić information content (AvgIpc) is 2.47. The number of rotatable bonds is 5. The van der Waals surface area contributed by atoms with E-state index in [0.717, 1.165) is 11.3 Å². The van der Waals surface area contributed by atoms with Gasteiger partial charge in [0.25, 0.3) is 0 Å². The summed E-state index contributed by atoms with van der Waals surface area (Å²) in [5.74, 6) is 1.11. The Hall–Kier alpha value is -2.63. The third-order valence-electron chi connectivity index (χ3n) is 3.00. The van der Waals surface area contributed by atoms with Crippen molar-refractivity contribution in [3.05, 3.63) is 58.3 Å². The predicted octanol–water partition coefficient (Wildman–Crippen LogP) is 2.59. The van der Waals surface area contributed by atoms with Crippen molar-refractivity contribution >= 4 is 11.5 Å². The van der Waals surface area contributed by atoms with Crippen molar-refractivity contribution in [2.24, 2.45) is 0 Å². The van der Waals surface area contributed by atoms with Crippen LogP contribution in [0.3, 0.4) is 0 Å². The minimum atomic E-state index is -0.423. The summed E-state index contributed by atoms with van der Waals surface area (Å²) in [6.07, 6.45) is 1.64. The number of aromatic nitrogens is 1. The maximum atomic E-state index is 11.0. The lowest BCUT2D eigenvalue weighted by Gasteiger charge is -2.13. The second-order valence-electron chi connectivity index (χ2n) is 4.30. The molecule has 0 fully saturated rings. The third kappa shape index (κ3) is 2.85. The highest BCUT2D eigenvalue weighted by molar-refractivity contribution is 5.53. The molecule has 104 valence electrons. The maximum absolute atomic E-state index is 11.0. The largest absolute Gasteiger partial charge is 0.496 e. The van der Waals surface area contributed by atoms with E-state index in [4.69, 9.17) is 4.74 Å². The van der Waals surface area contributed by atoms with E-state index >= 15 is 0 Å². The highest BCUT2D eigenvalue weighted by Crippen LogP contribution is 2.28. The number of anilines is 1. The van der Waals surface area contributed by atoms with Gasteiger partial charge in [0.2, 0.25) is 0 Å². The number of H-pyrrole nitrogens is 1. The molecule has 6 nitrogen and oxygen atoms in total. The van der Waals surface area contributed by atoms with E-state index in [0.29, 0.717) is 5.82 Å². The van der Waals surface area contributed by atoms with Crippen LogP contribution in [-0.4, -0.2) is 12.0 Å². The van der Waals surface area contributed by atoms with E-state index < -0.39 is 4.92 Å². The van der Waals surface area contributed by atoms with Gasteiger partial charge in [-0.15, -0.1) is 0 Å². The van der Waals surface area contributed by atoms with Crippen LogP contribution in [0.4, 0.5) is 11.5 Å². The Morgan fingerprint density at radius 1 is 1.30 bits per heavy atom. The normalized spacial score (nSPS) is 11.7. The van der Waals surface area contributed by atoms with Gasteiger partial charge >= 0.3 is 11.5 Å². The Bertz CT molecular complexity index is 616. The average molecular weight is 274 g/mol. The summed E-state index contributed by atoms with van der Waals surface area (Å²) in [7, 11) is 1.60. The lowest BCUT2D eigenvalue weighted by atomic mass is 10.1. The number of aromatic amines is 1. The van der Waals surface area contributed by atoms with Gasteiger partial charge < -0.3 is 4.74 Å². The second-order valence-corrected chi connectivity index (χ2v) is 4.30. The van der Waals surface area contributed by atoms with Crippen LogP contribution >= 0.6 is 0 Å². The highest BCUT2D eigenvalue weighted by atomic mass is 16.6. The summed E-state index contributed by atoms with van der Waals surface area (Å²) in [5.41, 5.74) is 0.941. The molecule has 1 aromatic carbocycles. The number of ether oxygens (including phenoxy) is 1. The van der Waals surface area contributed by atoms with Crippen molar-refractivity contribution in [3.8, 4) is 5.75 Å². The van der Waals surface area contributed by atoms with Crippen LogP contribution in [0.5, 0.6) is 5.75 Å². The van der Waals surface area contributed by atoms with Crippen molar-refractivity contribution in [3.63, 3.8) is 0 Å². The SMILES string of the molecule is COc1ccccc1[C@@H](C)Nc1[nH+]cccc1[N+](=O)[O-]. The van der Waals surface area contributed by atoms with E-state index in [-0.39, 0.29) is 11.7 Å². The van der Waals surface area contributed by atoms with Crippen LogP contribution < -0.4 is 15.0 Å². The number of para-hydroxylation sites is 1. The Morgan fingerprint density at radius 2 is 2.05 bits per heavy atom. The molecule has 2 N–H and O–H groups in total. The molecule has 1 heterocycles. The van der Waals surface area contributed by atoms with Gasteiger partial charge in [0.05, 0.1) is 18.2 Å². The number of hydrogen-bond acceptors (Lipinski definition) is 4. The summed E-state index contributed by atoms with van der Waals surface area (Å²) in [6.45, 7) is 1.92. The fourth-order valence-corrected chi connectivity index (χ4v) is 2.01. The molecule has 0 saturated heterocycles. The molecular formula is C14H16N3O3+. The zero-order chi connectivity index (χ0) is 14.5. The van der Waals surface area contributed by atoms with Gasteiger partial charge in [-0.05, 0) is 19.1 Å². The fourth-order valence-electron chi connectivity index (χ4n) is 2.01. The summed E-state index contributed by atoms with van der Waals surface area (Å²) in [4.78, 5) is 13.4. The lowest BCUT2D eigenvalue weighted by Crippen LogP contribution is -2.18. The van der Waals surface area contributed by atoms with Gasteiger partial charge in [0, 0.05) is 11.6 Å². The van der Waals surface area contributed by atoms with Crippen LogP contribution in [0.1, 0.15) is 18.5 Å². The van der Waals surface area contributed by atoms with Crippen molar-refractivity contribution in [1.82, 2.24) is 0 Å². The van der Waals surface area contributed by atoms with Gasteiger partial charge in [0.1, 0.15) is 11.8 Å². The summed E-state index contributed by atoms with van der Waals surface area (Å²) < 4.78 is 5.30. The van der Waals surface area contributed by atoms with E-state index in [1.54, 1.807) is 19.4 Å². The molecule has 1 atom stereocenters. The predicted molar refractivity (Wildman–Crippen MR) is 74.7 cm³/mol. The molecule has 0 spiro atoms. The van der Waals surface area contributed by atoms with E-state index in [1.165, 1.54) is 6.07 Å². The first-order chi connectivity index (χ1) is 9.63. The van der Waals surface area contributed by atoms with E-state index in [2.05, 4.69) is 10.3 Å². The van der Waals surface area contributed by atoms with Crippen LogP contribution in [0, 0.1) is 10.1 Å². The monoisotopic (exact) mass is 274 g/mol. The number of nitrogens with zero attached hydrogens (tertiary/aromatic N) is 1. The van der Waals surface area contributed by atoms with Gasteiger partial charge in [-0.2, -0.15) is 0 Å². The molecule has 1 aromatic heterocycles. The van der Waals surface area contributed by atoms with Crippen molar-refractivity contribution in [2.75, 3.05) is 12.4 Å². The summed E-state index contributed by atoms with van der Waals surface area (Å²) in [5, 5.41) is 14.1. The number of nitrogens with one attached hydrogen (secondary N) is 2. The molecule has 6 heteroatoms. The number of hydrogen-bond donors (Lipinski definition) is 1. The summed E-state index contributed by atoms with van der Waals surface area (Å²) in [6, 6.07) is 10.5. The molecule has 0 aliphatic rings. The third-order valence-corrected chi connectivity index (χ3v) is 3.00. The van der Waals surface area contributed by atoms with Crippen LogP contribution in [0.25, 0.3) is 0 Å². The lowest BCUT2D eigenvalue weighted by molar-refractivity contribution is -0.409. The van der Waals surface area contributed by atoms with Crippen LogP contribution in [0.2, 0.25) is 0 Å². The standard InChI is InChI=1S/C14H15N3O3/c1-10(11-6-3-4-8-13(11)20-2)16-14-12(17(18)19)7-5-9-15-14/h3-10H,1-2H3,(H,15,16)/p+1/t10-/m1/s1.